The number of thiazole rings is 1. The van der Waals surface area contributed by atoms with Crippen molar-refractivity contribution < 1.29 is 4.79 Å². The molecular formula is C14H19N3OS. The lowest BCUT2D eigenvalue weighted by Crippen LogP contribution is -2.48. The van der Waals surface area contributed by atoms with Crippen LogP contribution in [0.1, 0.15) is 24.3 Å². The van der Waals surface area contributed by atoms with E-state index in [0.717, 1.165) is 25.6 Å². The number of fused-ring (bicyclic) bond motifs is 1. The molecule has 0 spiro atoms. The van der Waals surface area contributed by atoms with Crippen LogP contribution in [-0.4, -0.2) is 34.9 Å². The molecule has 102 valence electrons. The van der Waals surface area contributed by atoms with Gasteiger partial charge < -0.3 is 5.32 Å². The van der Waals surface area contributed by atoms with Crippen molar-refractivity contribution in [3.63, 3.8) is 0 Å². The zero-order valence-electron chi connectivity index (χ0n) is 10.9. The molecule has 0 aromatic carbocycles. The van der Waals surface area contributed by atoms with Gasteiger partial charge in [-0.1, -0.05) is 0 Å². The van der Waals surface area contributed by atoms with E-state index in [0.29, 0.717) is 17.9 Å². The largest absolute Gasteiger partial charge is 0.356 e. The van der Waals surface area contributed by atoms with Gasteiger partial charge in [-0.15, -0.1) is 11.3 Å². The summed E-state index contributed by atoms with van der Waals surface area (Å²) in [4.78, 5) is 19.0. The van der Waals surface area contributed by atoms with Crippen LogP contribution in [0.15, 0.2) is 11.6 Å². The maximum Gasteiger partial charge on any atom is 0.225 e. The number of hydrogen-bond donors (Lipinski definition) is 1. The first-order valence-electron chi connectivity index (χ1n) is 7.21. The average molecular weight is 277 g/mol. The van der Waals surface area contributed by atoms with Crippen LogP contribution in [0.25, 0.3) is 0 Å². The first-order valence-corrected chi connectivity index (χ1v) is 8.09. The average Bonchev–Trinajstić information content (AvgIpc) is 2.77. The third-order valence-electron chi connectivity index (χ3n) is 4.79. The maximum absolute atomic E-state index is 12.2. The Hall–Kier alpha value is -0.940. The van der Waals surface area contributed by atoms with E-state index in [-0.39, 0.29) is 5.92 Å². The number of nitrogens with zero attached hydrogens (tertiary/aromatic N) is 2. The van der Waals surface area contributed by atoms with Gasteiger partial charge in [0.15, 0.2) is 0 Å². The van der Waals surface area contributed by atoms with Gasteiger partial charge in [0, 0.05) is 30.7 Å². The summed E-state index contributed by atoms with van der Waals surface area (Å²) in [6, 6.07) is 0.466. The molecule has 1 N–H and O–H groups in total. The van der Waals surface area contributed by atoms with Gasteiger partial charge in [-0.2, -0.15) is 0 Å². The Morgan fingerprint density at radius 3 is 3.16 bits per heavy atom. The second-order valence-corrected chi connectivity index (χ2v) is 7.11. The van der Waals surface area contributed by atoms with Gasteiger partial charge in [0.2, 0.25) is 5.91 Å². The zero-order valence-corrected chi connectivity index (χ0v) is 11.7. The molecular weight excluding hydrogens is 258 g/mol. The molecule has 3 atom stereocenters. The van der Waals surface area contributed by atoms with Crippen LogP contribution in [0.4, 0.5) is 0 Å². The van der Waals surface area contributed by atoms with Crippen LogP contribution in [0.2, 0.25) is 0 Å². The second-order valence-electron chi connectivity index (χ2n) is 6.13. The number of nitrogens with one attached hydrogen (secondary N) is 1. The van der Waals surface area contributed by atoms with Crippen LogP contribution in [0, 0.1) is 17.8 Å². The third-order valence-corrected chi connectivity index (χ3v) is 5.56. The van der Waals surface area contributed by atoms with E-state index in [4.69, 9.17) is 0 Å². The molecule has 5 heteroatoms. The quantitative estimate of drug-likeness (QED) is 0.887. The Kier molecular flexibility index (Phi) is 2.84. The molecule has 2 bridgehead atoms. The first-order chi connectivity index (χ1) is 9.31. The molecule has 19 heavy (non-hydrogen) atoms. The summed E-state index contributed by atoms with van der Waals surface area (Å²) in [7, 11) is 0. The van der Waals surface area contributed by atoms with E-state index in [2.05, 4.69) is 15.2 Å². The minimum absolute atomic E-state index is 0.249. The highest BCUT2D eigenvalue weighted by atomic mass is 32.1. The van der Waals surface area contributed by atoms with Crippen LogP contribution >= 0.6 is 11.3 Å². The van der Waals surface area contributed by atoms with Crippen molar-refractivity contribution in [2.45, 2.75) is 31.8 Å². The standard InChI is InChI=1S/C14H19N3OS/c18-14(16-6-9-1-2-9)13-10-5-11(13)17(7-10)8-12-15-3-4-19-12/h3-4,9-11,13H,1-2,5-8H2,(H,16,18). The van der Waals surface area contributed by atoms with E-state index in [1.165, 1.54) is 24.3 Å². The minimum atomic E-state index is 0.249. The molecule has 2 saturated heterocycles. The summed E-state index contributed by atoms with van der Waals surface area (Å²) in [6.07, 6.45) is 5.66. The molecule has 5 rings (SSSR count). The zero-order chi connectivity index (χ0) is 12.8. The first kappa shape index (κ1) is 11.9. The second kappa shape index (κ2) is 4.56. The summed E-state index contributed by atoms with van der Waals surface area (Å²) in [6.45, 7) is 2.90. The Labute approximate surface area is 117 Å². The number of carbonyl (C=O) groups is 1. The van der Waals surface area contributed by atoms with Gasteiger partial charge >= 0.3 is 0 Å². The Morgan fingerprint density at radius 2 is 2.42 bits per heavy atom. The van der Waals surface area contributed by atoms with Crippen molar-refractivity contribution in [1.82, 2.24) is 15.2 Å². The minimum Gasteiger partial charge on any atom is -0.356 e. The maximum atomic E-state index is 12.2. The number of aromatic nitrogens is 1. The van der Waals surface area contributed by atoms with Crippen molar-refractivity contribution in [3.8, 4) is 0 Å². The number of hydrogen-bond acceptors (Lipinski definition) is 4. The molecule has 1 aromatic heterocycles. The lowest BCUT2D eigenvalue weighted by molar-refractivity contribution is -0.130. The van der Waals surface area contributed by atoms with Crippen molar-refractivity contribution in [2.24, 2.45) is 17.8 Å². The highest BCUT2D eigenvalue weighted by Crippen LogP contribution is 2.47. The molecule has 2 aliphatic carbocycles. The fourth-order valence-electron chi connectivity index (χ4n) is 3.48. The Morgan fingerprint density at radius 1 is 1.53 bits per heavy atom. The van der Waals surface area contributed by atoms with E-state index < -0.39 is 0 Å². The highest BCUT2D eigenvalue weighted by Gasteiger charge is 2.55. The highest BCUT2D eigenvalue weighted by molar-refractivity contribution is 7.09. The molecule has 1 aromatic rings. The van der Waals surface area contributed by atoms with Gasteiger partial charge in [-0.05, 0) is 31.1 Å². The fourth-order valence-corrected chi connectivity index (χ4v) is 4.12. The van der Waals surface area contributed by atoms with Gasteiger partial charge in [0.1, 0.15) is 5.01 Å². The van der Waals surface area contributed by atoms with Crippen LogP contribution in [0.5, 0.6) is 0 Å². The lowest BCUT2D eigenvalue weighted by Gasteiger charge is -2.35. The summed E-state index contributed by atoms with van der Waals surface area (Å²) in [5.41, 5.74) is 0. The normalized spacial score (nSPS) is 33.2. The molecule has 3 unspecified atom stereocenters. The Bertz CT molecular complexity index is 471. The van der Waals surface area contributed by atoms with Gasteiger partial charge in [0.05, 0.1) is 12.5 Å². The summed E-state index contributed by atoms with van der Waals surface area (Å²) in [5.74, 6) is 1.91. The van der Waals surface area contributed by atoms with E-state index >= 15 is 0 Å². The number of rotatable bonds is 5. The van der Waals surface area contributed by atoms with Crippen molar-refractivity contribution in [2.75, 3.05) is 13.1 Å². The summed E-state index contributed by atoms with van der Waals surface area (Å²) >= 11 is 1.71. The molecule has 4 nitrogen and oxygen atoms in total. The smallest absolute Gasteiger partial charge is 0.225 e. The lowest BCUT2D eigenvalue weighted by atomic mass is 9.73. The van der Waals surface area contributed by atoms with E-state index in [1.807, 2.05) is 11.6 Å². The van der Waals surface area contributed by atoms with Crippen molar-refractivity contribution in [3.05, 3.63) is 16.6 Å². The molecule has 2 saturated carbocycles. The molecule has 2 aliphatic heterocycles. The Balaban J connectivity index is 1.34. The van der Waals surface area contributed by atoms with Crippen LogP contribution < -0.4 is 5.32 Å². The topological polar surface area (TPSA) is 45.2 Å². The predicted molar refractivity (Wildman–Crippen MR) is 73.6 cm³/mol. The SMILES string of the molecule is O=C(NCC1CC1)C1C2CC1N(Cc1nccs1)C2. The third kappa shape index (κ3) is 2.19. The number of amides is 1. The van der Waals surface area contributed by atoms with E-state index in [1.54, 1.807) is 11.3 Å². The van der Waals surface area contributed by atoms with Gasteiger partial charge in [-0.3, -0.25) is 9.69 Å². The van der Waals surface area contributed by atoms with Crippen LogP contribution in [0.3, 0.4) is 0 Å². The van der Waals surface area contributed by atoms with Crippen LogP contribution in [-0.2, 0) is 11.3 Å². The summed E-state index contributed by atoms with van der Waals surface area (Å²) in [5, 5.41) is 6.34. The number of carbonyl (C=O) groups excluding carboxylic acids is 1. The van der Waals surface area contributed by atoms with Crippen molar-refractivity contribution in [1.29, 1.82) is 0 Å². The van der Waals surface area contributed by atoms with E-state index in [9.17, 15) is 4.79 Å². The monoisotopic (exact) mass is 277 g/mol. The molecule has 4 fully saturated rings. The fraction of sp³-hybridized carbons (Fsp3) is 0.714. The van der Waals surface area contributed by atoms with Gasteiger partial charge in [0.25, 0.3) is 0 Å². The molecule has 1 amide bonds. The predicted octanol–water partition coefficient (Wildman–Crippen LogP) is 1.49. The summed E-state index contributed by atoms with van der Waals surface area (Å²) < 4.78 is 0. The molecule has 4 aliphatic rings. The molecule has 0 radical (unpaired) electrons. The van der Waals surface area contributed by atoms with Gasteiger partial charge in [-0.25, -0.2) is 4.98 Å². The van der Waals surface area contributed by atoms with Crippen molar-refractivity contribution >= 4 is 17.2 Å². The molecule has 3 heterocycles.